The van der Waals surface area contributed by atoms with Gasteiger partial charge < -0.3 is 4.42 Å². The molecule has 0 spiro atoms. The summed E-state index contributed by atoms with van der Waals surface area (Å²) in [4.78, 5) is 0. The maximum absolute atomic E-state index is 6.48. The van der Waals surface area contributed by atoms with Crippen molar-refractivity contribution in [3.05, 3.63) is 206 Å². The smallest absolute Gasteiger partial charge is 0.135 e. The third kappa shape index (κ3) is 4.92. The lowest BCUT2D eigenvalue weighted by atomic mass is 9.90. The summed E-state index contributed by atoms with van der Waals surface area (Å²) in [6, 6.07) is 76.0. The predicted octanol–water partition coefficient (Wildman–Crippen LogP) is 16.7. The van der Waals surface area contributed by atoms with Gasteiger partial charge in [0.25, 0.3) is 0 Å². The van der Waals surface area contributed by atoms with Crippen molar-refractivity contribution in [3.63, 3.8) is 0 Å². The van der Waals surface area contributed by atoms with Gasteiger partial charge in [0.15, 0.2) is 0 Å². The molecule has 0 atom stereocenters. The average molecular weight is 747 g/mol. The summed E-state index contributed by atoms with van der Waals surface area (Å²) >= 11 is 0. The lowest BCUT2D eigenvalue weighted by molar-refractivity contribution is 0.669. The number of fused-ring (bicyclic) bond motifs is 14. The van der Waals surface area contributed by atoms with Crippen LogP contribution in [0.4, 0.5) is 0 Å². The van der Waals surface area contributed by atoms with Crippen molar-refractivity contribution in [1.29, 1.82) is 0 Å². The first-order valence-electron chi connectivity index (χ1n) is 20.4. The minimum absolute atomic E-state index is 0.897. The molecule has 0 bridgehead atoms. The Morgan fingerprint density at radius 3 is 1.19 bits per heavy atom. The van der Waals surface area contributed by atoms with E-state index in [1.807, 2.05) is 0 Å². The Morgan fingerprint density at radius 1 is 0.203 bits per heavy atom. The van der Waals surface area contributed by atoms with Crippen molar-refractivity contribution in [3.8, 4) is 33.4 Å². The van der Waals surface area contributed by atoms with E-state index in [0.29, 0.717) is 0 Å². The Hall–Kier alpha value is -7.74. The molecule has 0 aliphatic rings. The number of hydrogen-bond donors (Lipinski definition) is 0. The van der Waals surface area contributed by atoms with Crippen LogP contribution in [-0.2, 0) is 0 Å². The summed E-state index contributed by atoms with van der Waals surface area (Å²) in [6.07, 6.45) is 0. The van der Waals surface area contributed by atoms with Crippen molar-refractivity contribution >= 4 is 97.3 Å². The molecule has 0 N–H and O–H groups in total. The monoisotopic (exact) mass is 746 g/mol. The van der Waals surface area contributed by atoms with E-state index in [2.05, 4.69) is 206 Å². The third-order valence-corrected chi connectivity index (χ3v) is 12.8. The Kier molecular flexibility index (Phi) is 6.79. The lowest BCUT2D eigenvalue weighted by Gasteiger charge is -2.14. The summed E-state index contributed by atoms with van der Waals surface area (Å²) in [5, 5.41) is 20.0. The van der Waals surface area contributed by atoms with Gasteiger partial charge >= 0.3 is 0 Å². The summed E-state index contributed by atoms with van der Waals surface area (Å²) in [7, 11) is 0. The highest BCUT2D eigenvalue weighted by molar-refractivity contribution is 6.23. The van der Waals surface area contributed by atoms with Crippen molar-refractivity contribution in [1.82, 2.24) is 0 Å². The molecule has 0 amide bonds. The maximum atomic E-state index is 6.48. The fraction of sp³-hybridized carbons (Fsp3) is 0. The SMILES string of the molecule is c1ccc2c(c1)ccc1c3ccccc3c(-c3ccc4ccc(-c5ccc6oc7ccc(-c8cc9c%10ccccc%10ccc9c9ccccc89)cc7c6c5)cc4c3)cc21. The molecule has 0 saturated carbocycles. The van der Waals surface area contributed by atoms with Gasteiger partial charge in [-0.05, 0) is 157 Å². The van der Waals surface area contributed by atoms with Crippen LogP contribution in [0.1, 0.15) is 0 Å². The topological polar surface area (TPSA) is 13.1 Å². The molecule has 0 aliphatic carbocycles. The fourth-order valence-corrected chi connectivity index (χ4v) is 9.92. The molecular weight excluding hydrogens is 713 g/mol. The van der Waals surface area contributed by atoms with Crippen LogP contribution in [0.5, 0.6) is 0 Å². The number of benzene rings is 12. The van der Waals surface area contributed by atoms with Crippen molar-refractivity contribution in [2.24, 2.45) is 0 Å². The van der Waals surface area contributed by atoms with Crippen LogP contribution in [-0.4, -0.2) is 0 Å². The molecule has 1 aromatic heterocycles. The van der Waals surface area contributed by atoms with Gasteiger partial charge in [-0.2, -0.15) is 0 Å². The van der Waals surface area contributed by atoms with Crippen LogP contribution in [0, 0.1) is 0 Å². The van der Waals surface area contributed by atoms with Gasteiger partial charge in [0.1, 0.15) is 11.2 Å². The second-order valence-corrected chi connectivity index (χ2v) is 16.0. The molecule has 1 heterocycles. The molecule has 0 fully saturated rings. The highest BCUT2D eigenvalue weighted by atomic mass is 16.3. The lowest BCUT2D eigenvalue weighted by Crippen LogP contribution is -1.87. The summed E-state index contributed by atoms with van der Waals surface area (Å²) < 4.78 is 6.48. The summed E-state index contributed by atoms with van der Waals surface area (Å²) in [5.41, 5.74) is 9.04. The van der Waals surface area contributed by atoms with Gasteiger partial charge in [0.05, 0.1) is 0 Å². The normalized spacial score (nSPS) is 12.1. The molecule has 13 rings (SSSR count). The van der Waals surface area contributed by atoms with Gasteiger partial charge in [-0.25, -0.2) is 0 Å². The van der Waals surface area contributed by atoms with Crippen molar-refractivity contribution in [2.45, 2.75) is 0 Å². The molecule has 0 aliphatic heterocycles. The second-order valence-electron chi connectivity index (χ2n) is 16.0. The Labute approximate surface area is 340 Å². The number of rotatable bonds is 3. The van der Waals surface area contributed by atoms with Gasteiger partial charge in [0.2, 0.25) is 0 Å². The molecule has 12 aromatic carbocycles. The van der Waals surface area contributed by atoms with E-state index in [4.69, 9.17) is 4.42 Å². The Balaban J connectivity index is 0.952. The maximum Gasteiger partial charge on any atom is 0.135 e. The molecule has 0 saturated heterocycles. The zero-order valence-electron chi connectivity index (χ0n) is 32.0. The first-order valence-corrected chi connectivity index (χ1v) is 20.4. The Morgan fingerprint density at radius 2 is 0.593 bits per heavy atom. The van der Waals surface area contributed by atoms with Crippen LogP contribution >= 0.6 is 0 Å². The van der Waals surface area contributed by atoms with E-state index in [1.165, 1.54) is 109 Å². The second kappa shape index (κ2) is 12.4. The van der Waals surface area contributed by atoms with Crippen LogP contribution in [0.3, 0.4) is 0 Å². The Bertz CT molecular complexity index is 3900. The molecule has 0 unspecified atom stereocenters. The minimum Gasteiger partial charge on any atom is -0.456 e. The van der Waals surface area contributed by atoms with Crippen molar-refractivity contribution < 1.29 is 4.42 Å². The van der Waals surface area contributed by atoms with Gasteiger partial charge in [-0.3, -0.25) is 0 Å². The molecule has 1 nitrogen and oxygen atoms in total. The molecule has 13 aromatic rings. The van der Waals surface area contributed by atoms with Crippen LogP contribution < -0.4 is 0 Å². The van der Waals surface area contributed by atoms with E-state index in [-0.39, 0.29) is 0 Å². The van der Waals surface area contributed by atoms with Crippen LogP contribution in [0.15, 0.2) is 211 Å². The fourth-order valence-electron chi connectivity index (χ4n) is 9.92. The minimum atomic E-state index is 0.897. The molecule has 1 heteroatoms. The highest BCUT2D eigenvalue weighted by Crippen LogP contribution is 2.42. The van der Waals surface area contributed by atoms with E-state index >= 15 is 0 Å². The molecular formula is C58H34O. The first kappa shape index (κ1) is 32.4. The van der Waals surface area contributed by atoms with E-state index in [0.717, 1.165) is 21.9 Å². The van der Waals surface area contributed by atoms with E-state index in [9.17, 15) is 0 Å². The highest BCUT2D eigenvalue weighted by Gasteiger charge is 2.16. The first-order chi connectivity index (χ1) is 29.2. The van der Waals surface area contributed by atoms with E-state index in [1.54, 1.807) is 0 Å². The molecule has 59 heavy (non-hydrogen) atoms. The predicted molar refractivity (Wildman–Crippen MR) is 253 cm³/mol. The standard InChI is InChI=1S/C58H34O/c1-3-11-43-36(9-1)21-25-49-45-13-5-7-15-47(45)51(33-53(43)49)40-20-18-35-17-19-38(29-42(35)30-40)39-23-27-57-55(31-39)56-32-41(24-28-58(56)59-57)52-34-54-44-12-4-2-10-37(44)22-26-50(54)46-14-6-8-16-48(46)52/h1-34H. The molecule has 272 valence electrons. The largest absolute Gasteiger partial charge is 0.456 e. The third-order valence-electron chi connectivity index (χ3n) is 12.8. The zero-order chi connectivity index (χ0) is 38.6. The quantitative estimate of drug-likeness (QED) is 0.164. The number of furan rings is 1. The summed E-state index contributed by atoms with van der Waals surface area (Å²) in [6.45, 7) is 0. The van der Waals surface area contributed by atoms with Gasteiger partial charge in [-0.1, -0.05) is 158 Å². The van der Waals surface area contributed by atoms with E-state index < -0.39 is 0 Å². The van der Waals surface area contributed by atoms with Crippen molar-refractivity contribution in [2.75, 3.05) is 0 Å². The summed E-state index contributed by atoms with van der Waals surface area (Å²) in [5.74, 6) is 0. The van der Waals surface area contributed by atoms with Crippen LogP contribution in [0.25, 0.3) is 131 Å². The zero-order valence-corrected chi connectivity index (χ0v) is 32.0. The molecule has 0 radical (unpaired) electrons. The average Bonchev–Trinajstić information content (AvgIpc) is 3.67. The van der Waals surface area contributed by atoms with Gasteiger partial charge in [0, 0.05) is 10.8 Å². The number of hydrogen-bond acceptors (Lipinski definition) is 1. The van der Waals surface area contributed by atoms with Crippen LogP contribution in [0.2, 0.25) is 0 Å². The van der Waals surface area contributed by atoms with Gasteiger partial charge in [-0.15, -0.1) is 0 Å².